The number of nitrogens with two attached hydrogens (primary N) is 1. The normalized spacial score (nSPS) is 13.9. The van der Waals surface area contributed by atoms with Crippen molar-refractivity contribution < 1.29 is 9.53 Å². The highest BCUT2D eigenvalue weighted by atomic mass is 35.5. The van der Waals surface area contributed by atoms with E-state index in [0.717, 1.165) is 28.0 Å². The number of benzene rings is 1. The molecular weight excluding hydrogens is 364 g/mol. The van der Waals surface area contributed by atoms with E-state index in [-0.39, 0.29) is 5.91 Å². The Balaban J connectivity index is 1.75. The molecule has 0 bridgehead atoms. The molecule has 1 aliphatic rings. The summed E-state index contributed by atoms with van der Waals surface area (Å²) in [7, 11) is 1.62. The lowest BCUT2D eigenvalue weighted by atomic mass is 10.0. The first-order valence-electron chi connectivity index (χ1n) is 9.05. The molecular formula is C20H21ClN4O2. The van der Waals surface area contributed by atoms with Gasteiger partial charge in [0.25, 0.3) is 0 Å². The van der Waals surface area contributed by atoms with Gasteiger partial charge in [-0.15, -0.1) is 0 Å². The fraction of sp³-hybridized carbons (Fsp3) is 0.350. The van der Waals surface area contributed by atoms with Crippen molar-refractivity contribution in [3.05, 3.63) is 41.0 Å². The SMILES string of the molecule is COc1ccc(-c2cc(C3CC3)c3c(cnn3CCCC(N)=O)n2)c(Cl)c1. The summed E-state index contributed by atoms with van der Waals surface area (Å²) in [4.78, 5) is 15.8. The van der Waals surface area contributed by atoms with Crippen LogP contribution in [0.1, 0.15) is 37.2 Å². The van der Waals surface area contributed by atoms with Gasteiger partial charge in [0.2, 0.25) is 5.91 Å². The second-order valence-corrected chi connectivity index (χ2v) is 7.30. The van der Waals surface area contributed by atoms with E-state index in [1.165, 1.54) is 18.4 Å². The molecule has 2 N–H and O–H groups in total. The number of hydrogen-bond donors (Lipinski definition) is 1. The highest BCUT2D eigenvalue weighted by Crippen LogP contribution is 2.44. The molecule has 1 aliphatic carbocycles. The number of amides is 1. The maximum absolute atomic E-state index is 11.0. The average Bonchev–Trinajstić information content (AvgIpc) is 3.42. The fourth-order valence-electron chi connectivity index (χ4n) is 3.38. The summed E-state index contributed by atoms with van der Waals surface area (Å²) in [5.74, 6) is 0.954. The summed E-state index contributed by atoms with van der Waals surface area (Å²) in [6, 6.07) is 7.74. The van der Waals surface area contributed by atoms with Gasteiger partial charge in [-0.05, 0) is 55.0 Å². The van der Waals surface area contributed by atoms with Crippen LogP contribution >= 0.6 is 11.6 Å². The molecule has 0 unspecified atom stereocenters. The van der Waals surface area contributed by atoms with E-state index in [1.54, 1.807) is 19.4 Å². The summed E-state index contributed by atoms with van der Waals surface area (Å²) in [6.07, 6.45) is 5.14. The zero-order valence-corrected chi connectivity index (χ0v) is 15.9. The van der Waals surface area contributed by atoms with Gasteiger partial charge in [0.05, 0.1) is 29.5 Å². The monoisotopic (exact) mass is 384 g/mol. The number of aryl methyl sites for hydroxylation is 1. The van der Waals surface area contributed by atoms with Crippen LogP contribution in [-0.4, -0.2) is 27.8 Å². The van der Waals surface area contributed by atoms with Crippen LogP contribution in [0.5, 0.6) is 5.75 Å². The molecule has 2 aromatic heterocycles. The van der Waals surface area contributed by atoms with E-state index in [0.29, 0.717) is 30.3 Å². The van der Waals surface area contributed by atoms with E-state index in [4.69, 9.17) is 27.1 Å². The van der Waals surface area contributed by atoms with Crippen LogP contribution in [0.4, 0.5) is 0 Å². The molecule has 1 amide bonds. The molecule has 3 aromatic rings. The predicted molar refractivity (Wildman–Crippen MR) is 105 cm³/mol. The Morgan fingerprint density at radius 3 is 2.85 bits per heavy atom. The van der Waals surface area contributed by atoms with Crippen molar-refractivity contribution in [3.8, 4) is 17.0 Å². The lowest BCUT2D eigenvalue weighted by molar-refractivity contribution is -0.118. The highest BCUT2D eigenvalue weighted by Gasteiger charge is 2.28. The average molecular weight is 385 g/mol. The first-order valence-corrected chi connectivity index (χ1v) is 9.43. The summed E-state index contributed by atoms with van der Waals surface area (Å²) in [6.45, 7) is 0.649. The van der Waals surface area contributed by atoms with E-state index >= 15 is 0 Å². The van der Waals surface area contributed by atoms with E-state index in [9.17, 15) is 4.79 Å². The van der Waals surface area contributed by atoms with Crippen LogP contribution in [0, 0.1) is 0 Å². The highest BCUT2D eigenvalue weighted by molar-refractivity contribution is 6.33. The van der Waals surface area contributed by atoms with Gasteiger partial charge in [0.1, 0.15) is 11.3 Å². The lowest BCUT2D eigenvalue weighted by Crippen LogP contribution is -2.12. The van der Waals surface area contributed by atoms with Gasteiger partial charge in [-0.1, -0.05) is 11.6 Å². The fourth-order valence-corrected chi connectivity index (χ4v) is 3.65. The van der Waals surface area contributed by atoms with Gasteiger partial charge in [-0.25, -0.2) is 4.98 Å². The molecule has 140 valence electrons. The van der Waals surface area contributed by atoms with Crippen LogP contribution in [0.3, 0.4) is 0 Å². The predicted octanol–water partition coefficient (Wildman–Crippen LogP) is 3.90. The Bertz CT molecular complexity index is 1010. The third-order valence-electron chi connectivity index (χ3n) is 4.89. The molecule has 1 fully saturated rings. The Morgan fingerprint density at radius 1 is 1.37 bits per heavy atom. The Hall–Kier alpha value is -2.60. The van der Waals surface area contributed by atoms with E-state index < -0.39 is 0 Å². The van der Waals surface area contributed by atoms with Crippen molar-refractivity contribution in [1.82, 2.24) is 14.8 Å². The van der Waals surface area contributed by atoms with Crippen molar-refractivity contribution in [1.29, 1.82) is 0 Å². The van der Waals surface area contributed by atoms with Crippen LogP contribution in [0.25, 0.3) is 22.3 Å². The third kappa shape index (κ3) is 3.62. The van der Waals surface area contributed by atoms with Gasteiger partial charge < -0.3 is 10.5 Å². The zero-order valence-electron chi connectivity index (χ0n) is 15.1. The first kappa shape index (κ1) is 17.8. The molecule has 1 saturated carbocycles. The lowest BCUT2D eigenvalue weighted by Gasteiger charge is -2.11. The largest absolute Gasteiger partial charge is 0.497 e. The standard InChI is InChI=1S/C20H21ClN4O2/c1-27-13-6-7-14(16(21)9-13)17-10-15(12-4-5-12)20-18(24-17)11-23-25(20)8-2-3-19(22)26/h6-7,9-12H,2-5,8H2,1H3,(H2,22,26). The number of primary amides is 1. The van der Waals surface area contributed by atoms with Gasteiger partial charge in [-0.3, -0.25) is 9.48 Å². The number of ether oxygens (including phenoxy) is 1. The molecule has 7 heteroatoms. The maximum Gasteiger partial charge on any atom is 0.217 e. The molecule has 4 rings (SSSR count). The molecule has 0 aliphatic heterocycles. The molecule has 0 spiro atoms. The Kier molecular flexibility index (Phi) is 4.74. The number of aromatic nitrogens is 3. The number of halogens is 1. The molecule has 0 atom stereocenters. The summed E-state index contributed by atoms with van der Waals surface area (Å²) >= 11 is 6.46. The number of fused-ring (bicyclic) bond motifs is 1. The van der Waals surface area contributed by atoms with Crippen molar-refractivity contribution >= 4 is 28.5 Å². The number of carbonyl (C=O) groups is 1. The molecule has 2 heterocycles. The summed E-state index contributed by atoms with van der Waals surface area (Å²) in [5, 5.41) is 5.10. The third-order valence-corrected chi connectivity index (χ3v) is 5.20. The van der Waals surface area contributed by atoms with Crippen LogP contribution in [0.2, 0.25) is 5.02 Å². The second kappa shape index (κ2) is 7.19. The molecule has 0 saturated heterocycles. The minimum Gasteiger partial charge on any atom is -0.497 e. The van der Waals surface area contributed by atoms with Crippen molar-refractivity contribution in [2.24, 2.45) is 5.73 Å². The minimum atomic E-state index is -0.288. The first-order chi connectivity index (χ1) is 13.1. The number of carbonyl (C=O) groups excluding carboxylic acids is 1. The maximum atomic E-state index is 11.0. The Labute approximate surface area is 162 Å². The van der Waals surface area contributed by atoms with Gasteiger partial charge in [-0.2, -0.15) is 5.10 Å². The van der Waals surface area contributed by atoms with E-state index in [1.807, 2.05) is 16.8 Å². The van der Waals surface area contributed by atoms with Gasteiger partial charge >= 0.3 is 0 Å². The van der Waals surface area contributed by atoms with Gasteiger partial charge in [0, 0.05) is 18.5 Å². The summed E-state index contributed by atoms with van der Waals surface area (Å²) < 4.78 is 7.18. The minimum absolute atomic E-state index is 0.288. The van der Waals surface area contributed by atoms with E-state index in [2.05, 4.69) is 11.2 Å². The molecule has 27 heavy (non-hydrogen) atoms. The number of hydrogen-bond acceptors (Lipinski definition) is 4. The number of rotatable bonds is 7. The van der Waals surface area contributed by atoms with Gasteiger partial charge in [0.15, 0.2) is 0 Å². The quantitative estimate of drug-likeness (QED) is 0.669. The topological polar surface area (TPSA) is 83.0 Å². The van der Waals surface area contributed by atoms with Crippen LogP contribution in [-0.2, 0) is 11.3 Å². The van der Waals surface area contributed by atoms with Crippen molar-refractivity contribution in [2.75, 3.05) is 7.11 Å². The molecule has 0 radical (unpaired) electrons. The van der Waals surface area contributed by atoms with Crippen LogP contribution < -0.4 is 10.5 Å². The summed E-state index contributed by atoms with van der Waals surface area (Å²) in [5.41, 5.74) is 10.1. The number of nitrogens with zero attached hydrogens (tertiary/aromatic N) is 3. The molecule has 1 aromatic carbocycles. The number of methoxy groups -OCH3 is 1. The smallest absolute Gasteiger partial charge is 0.217 e. The number of pyridine rings is 1. The Morgan fingerprint density at radius 2 is 2.19 bits per heavy atom. The van der Waals surface area contributed by atoms with Crippen molar-refractivity contribution in [3.63, 3.8) is 0 Å². The molecule has 6 nitrogen and oxygen atoms in total. The second-order valence-electron chi connectivity index (χ2n) is 6.89. The zero-order chi connectivity index (χ0) is 19.0. The van der Waals surface area contributed by atoms with Crippen molar-refractivity contribution in [2.45, 2.75) is 38.1 Å². The van der Waals surface area contributed by atoms with Crippen LogP contribution in [0.15, 0.2) is 30.5 Å².